The third kappa shape index (κ3) is 6.34. The second-order valence-corrected chi connectivity index (χ2v) is 9.52. The van der Waals surface area contributed by atoms with E-state index in [9.17, 15) is 24.1 Å². The summed E-state index contributed by atoms with van der Waals surface area (Å²) in [5.74, 6) is -1.08. The molecule has 0 fully saturated rings. The molecule has 1 N–H and O–H groups in total. The van der Waals surface area contributed by atoms with Gasteiger partial charge < -0.3 is 10.1 Å². The van der Waals surface area contributed by atoms with Gasteiger partial charge in [-0.2, -0.15) is 9.78 Å². The first kappa shape index (κ1) is 27.6. The van der Waals surface area contributed by atoms with Crippen molar-refractivity contribution in [3.05, 3.63) is 103 Å². The average molecular weight is 596 g/mol. The lowest BCUT2D eigenvalue weighted by Gasteiger charge is -2.14. The maximum Gasteiger partial charge on any atom is 0.311 e. The summed E-state index contributed by atoms with van der Waals surface area (Å²) in [6, 6.07) is 14.9. The number of nitrogens with zero attached hydrogens (tertiary/aromatic N) is 4. The number of rotatable bonds is 9. The van der Waals surface area contributed by atoms with Gasteiger partial charge in [-0.3, -0.25) is 19.7 Å². The highest BCUT2D eigenvalue weighted by Crippen LogP contribution is 2.28. The lowest BCUT2D eigenvalue weighted by molar-refractivity contribution is -0.385. The summed E-state index contributed by atoms with van der Waals surface area (Å²) in [4.78, 5) is 41.1. The van der Waals surface area contributed by atoms with Crippen LogP contribution in [0.4, 0.5) is 15.8 Å². The number of para-hydroxylation sites is 1. The molecule has 4 rings (SSSR count). The zero-order chi connectivity index (χ0) is 28.1. The van der Waals surface area contributed by atoms with E-state index in [4.69, 9.17) is 4.74 Å². The second kappa shape index (κ2) is 11.9. The standard InChI is InChI=1S/C27H23BrFN5O5/c1-3-16(2)26-32-21-10-9-18(28)13-19(21)27(36)33(26)30-14-17-8-11-24(23(12-17)34(37)38)39-15-25(35)31-22-7-5-4-6-20(22)29/h4-14,16H,3,15H2,1-2H3,(H,31,35)/t16-/m1/s1. The maximum atomic E-state index is 13.7. The van der Waals surface area contributed by atoms with Crippen LogP contribution >= 0.6 is 15.9 Å². The van der Waals surface area contributed by atoms with Crippen molar-refractivity contribution < 1.29 is 18.8 Å². The molecule has 0 saturated carbocycles. The van der Waals surface area contributed by atoms with E-state index < -0.39 is 28.9 Å². The Balaban J connectivity index is 1.60. The number of nitrogens with one attached hydrogen (secondary N) is 1. The summed E-state index contributed by atoms with van der Waals surface area (Å²) in [6.45, 7) is 3.32. The van der Waals surface area contributed by atoms with Crippen molar-refractivity contribution in [2.24, 2.45) is 5.10 Å². The van der Waals surface area contributed by atoms with Crippen LogP contribution in [-0.4, -0.2) is 33.3 Å². The number of halogens is 2. The zero-order valence-corrected chi connectivity index (χ0v) is 22.5. The number of hydrogen-bond acceptors (Lipinski definition) is 7. The van der Waals surface area contributed by atoms with Crippen molar-refractivity contribution in [1.82, 2.24) is 9.66 Å². The molecular weight excluding hydrogens is 573 g/mol. The van der Waals surface area contributed by atoms with E-state index in [2.05, 4.69) is 31.3 Å². The van der Waals surface area contributed by atoms with Crippen LogP contribution in [0.3, 0.4) is 0 Å². The van der Waals surface area contributed by atoms with Gasteiger partial charge in [0.2, 0.25) is 0 Å². The van der Waals surface area contributed by atoms with Gasteiger partial charge >= 0.3 is 5.69 Å². The molecule has 1 atom stereocenters. The number of amides is 1. The molecule has 0 aliphatic heterocycles. The quantitative estimate of drug-likeness (QED) is 0.152. The number of anilines is 1. The molecule has 200 valence electrons. The fourth-order valence-electron chi connectivity index (χ4n) is 3.68. The first-order valence-corrected chi connectivity index (χ1v) is 12.7. The Hall–Kier alpha value is -4.45. The van der Waals surface area contributed by atoms with Crippen molar-refractivity contribution in [3.8, 4) is 5.75 Å². The minimum Gasteiger partial charge on any atom is -0.477 e. The number of aromatic nitrogens is 2. The smallest absolute Gasteiger partial charge is 0.311 e. The Kier molecular flexibility index (Phi) is 8.45. The molecule has 0 saturated heterocycles. The van der Waals surface area contributed by atoms with Crippen molar-refractivity contribution in [2.45, 2.75) is 26.2 Å². The van der Waals surface area contributed by atoms with Crippen LogP contribution in [0.15, 0.2) is 75.0 Å². The molecule has 1 aromatic heterocycles. The Labute approximate surface area is 230 Å². The van der Waals surface area contributed by atoms with Crippen LogP contribution in [0, 0.1) is 15.9 Å². The molecule has 0 unspecified atom stereocenters. The molecule has 1 heterocycles. The van der Waals surface area contributed by atoms with E-state index in [1.165, 1.54) is 47.3 Å². The highest BCUT2D eigenvalue weighted by molar-refractivity contribution is 9.10. The first-order valence-electron chi connectivity index (χ1n) is 11.9. The van der Waals surface area contributed by atoms with Crippen molar-refractivity contribution in [2.75, 3.05) is 11.9 Å². The zero-order valence-electron chi connectivity index (χ0n) is 20.9. The van der Waals surface area contributed by atoms with Gasteiger partial charge in [0, 0.05) is 22.0 Å². The number of fused-ring (bicyclic) bond motifs is 1. The predicted molar refractivity (Wildman–Crippen MR) is 149 cm³/mol. The highest BCUT2D eigenvalue weighted by Gasteiger charge is 2.19. The van der Waals surface area contributed by atoms with Crippen LogP contribution in [0.5, 0.6) is 5.75 Å². The number of nitro groups is 1. The maximum absolute atomic E-state index is 13.7. The number of carbonyl (C=O) groups is 1. The summed E-state index contributed by atoms with van der Waals surface area (Å²) in [7, 11) is 0. The average Bonchev–Trinajstić information content (AvgIpc) is 2.92. The monoisotopic (exact) mass is 595 g/mol. The summed E-state index contributed by atoms with van der Waals surface area (Å²) < 4.78 is 21.0. The SMILES string of the molecule is CC[C@@H](C)c1nc2ccc(Br)cc2c(=O)n1N=Cc1ccc(OCC(=O)Nc2ccccc2F)c([N+](=O)[O-])c1. The van der Waals surface area contributed by atoms with E-state index in [-0.39, 0.29) is 22.9 Å². The van der Waals surface area contributed by atoms with E-state index in [0.29, 0.717) is 28.7 Å². The minimum atomic E-state index is -0.688. The van der Waals surface area contributed by atoms with Crippen LogP contribution < -0.4 is 15.6 Å². The topological polar surface area (TPSA) is 129 Å². The molecule has 0 bridgehead atoms. The fraction of sp³-hybridized carbons (Fsp3) is 0.185. The molecule has 39 heavy (non-hydrogen) atoms. The van der Waals surface area contributed by atoms with Gasteiger partial charge in [0.25, 0.3) is 11.5 Å². The number of benzene rings is 3. The van der Waals surface area contributed by atoms with Gasteiger partial charge in [0.05, 0.1) is 27.7 Å². The first-order chi connectivity index (χ1) is 18.7. The Bertz CT molecular complexity index is 1660. The van der Waals surface area contributed by atoms with Crippen molar-refractivity contribution in [3.63, 3.8) is 0 Å². The number of hydrogen-bond donors (Lipinski definition) is 1. The van der Waals surface area contributed by atoms with Gasteiger partial charge in [-0.25, -0.2) is 9.37 Å². The van der Waals surface area contributed by atoms with E-state index >= 15 is 0 Å². The normalized spacial score (nSPS) is 12.0. The molecule has 4 aromatic rings. The van der Waals surface area contributed by atoms with Crippen molar-refractivity contribution in [1.29, 1.82) is 0 Å². The molecular formula is C27H23BrFN5O5. The third-order valence-electron chi connectivity index (χ3n) is 5.90. The van der Waals surface area contributed by atoms with Crippen LogP contribution in [0.2, 0.25) is 0 Å². The lowest BCUT2D eigenvalue weighted by atomic mass is 10.1. The predicted octanol–water partition coefficient (Wildman–Crippen LogP) is 5.62. The molecule has 0 radical (unpaired) electrons. The van der Waals surface area contributed by atoms with E-state index in [1.54, 1.807) is 24.3 Å². The summed E-state index contributed by atoms with van der Waals surface area (Å²) in [5, 5.41) is 18.7. The molecule has 1 amide bonds. The van der Waals surface area contributed by atoms with Crippen LogP contribution in [0.1, 0.15) is 37.6 Å². The molecule has 3 aromatic carbocycles. The molecule has 10 nitrogen and oxygen atoms in total. The molecule has 12 heteroatoms. The van der Waals surface area contributed by atoms with E-state index in [0.717, 1.165) is 4.47 Å². The molecule has 0 aliphatic rings. The largest absolute Gasteiger partial charge is 0.477 e. The second-order valence-electron chi connectivity index (χ2n) is 8.60. The van der Waals surface area contributed by atoms with Crippen LogP contribution in [0.25, 0.3) is 10.9 Å². The Morgan fingerprint density at radius 2 is 2.03 bits per heavy atom. The number of carbonyl (C=O) groups excluding carboxylic acids is 1. The van der Waals surface area contributed by atoms with Gasteiger partial charge in [-0.15, -0.1) is 0 Å². The summed E-state index contributed by atoms with van der Waals surface area (Å²) in [5.41, 5.74) is 0.0490. The summed E-state index contributed by atoms with van der Waals surface area (Å²) >= 11 is 3.37. The van der Waals surface area contributed by atoms with Gasteiger partial charge in [0.15, 0.2) is 12.4 Å². The van der Waals surface area contributed by atoms with Gasteiger partial charge in [-0.1, -0.05) is 41.9 Å². The Morgan fingerprint density at radius 3 is 2.74 bits per heavy atom. The number of ether oxygens (including phenoxy) is 1. The minimum absolute atomic E-state index is 0.0327. The highest BCUT2D eigenvalue weighted by atomic mass is 79.9. The van der Waals surface area contributed by atoms with Crippen LogP contribution in [-0.2, 0) is 4.79 Å². The lowest BCUT2D eigenvalue weighted by Crippen LogP contribution is -2.23. The fourth-order valence-corrected chi connectivity index (χ4v) is 4.04. The third-order valence-corrected chi connectivity index (χ3v) is 6.39. The van der Waals surface area contributed by atoms with Gasteiger partial charge in [-0.05, 0) is 48.9 Å². The number of nitro benzene ring substituents is 1. The Morgan fingerprint density at radius 1 is 1.26 bits per heavy atom. The van der Waals surface area contributed by atoms with Gasteiger partial charge in [0.1, 0.15) is 11.6 Å². The van der Waals surface area contributed by atoms with E-state index in [1.807, 2.05) is 13.8 Å². The summed E-state index contributed by atoms with van der Waals surface area (Å²) in [6.07, 6.45) is 2.03. The molecule has 0 aliphatic carbocycles. The van der Waals surface area contributed by atoms with Crippen molar-refractivity contribution >= 4 is 50.3 Å². The molecule has 0 spiro atoms.